The summed E-state index contributed by atoms with van der Waals surface area (Å²) in [5.41, 5.74) is 2.99. The van der Waals surface area contributed by atoms with E-state index >= 15 is 0 Å². The minimum atomic E-state index is -0.745. The number of imidazole rings is 1. The van der Waals surface area contributed by atoms with Crippen molar-refractivity contribution in [2.75, 3.05) is 0 Å². The highest BCUT2D eigenvalue weighted by Gasteiger charge is 2.22. The molecule has 0 bridgehead atoms. The van der Waals surface area contributed by atoms with Crippen molar-refractivity contribution in [1.29, 1.82) is 0 Å². The molecular weight excluding hydrogens is 292 g/mol. The van der Waals surface area contributed by atoms with Crippen LogP contribution < -0.4 is 4.84 Å². The van der Waals surface area contributed by atoms with Gasteiger partial charge >= 0.3 is 6.16 Å². The molecular formula is C18H24N2O3. The second-order valence-corrected chi connectivity index (χ2v) is 6.68. The van der Waals surface area contributed by atoms with Gasteiger partial charge in [0, 0.05) is 12.1 Å². The van der Waals surface area contributed by atoms with E-state index in [1.165, 1.54) is 15.9 Å². The molecule has 0 spiro atoms. The van der Waals surface area contributed by atoms with Crippen molar-refractivity contribution >= 4 is 6.16 Å². The van der Waals surface area contributed by atoms with E-state index in [2.05, 4.69) is 31.0 Å². The molecule has 0 saturated heterocycles. The van der Waals surface area contributed by atoms with Crippen molar-refractivity contribution in [3.63, 3.8) is 0 Å². The zero-order chi connectivity index (χ0) is 17.2. The second-order valence-electron chi connectivity index (χ2n) is 6.68. The van der Waals surface area contributed by atoms with Crippen LogP contribution in [-0.2, 0) is 4.74 Å². The molecule has 0 aliphatic carbocycles. The van der Waals surface area contributed by atoms with E-state index in [0.29, 0.717) is 5.82 Å². The lowest BCUT2D eigenvalue weighted by Crippen LogP contribution is -2.30. The van der Waals surface area contributed by atoms with Crippen LogP contribution in [0, 0.1) is 13.8 Å². The minimum Gasteiger partial charge on any atom is -0.427 e. The van der Waals surface area contributed by atoms with Crippen LogP contribution in [-0.4, -0.2) is 21.5 Å². The van der Waals surface area contributed by atoms with Crippen LogP contribution in [0.3, 0.4) is 0 Å². The summed E-state index contributed by atoms with van der Waals surface area (Å²) < 4.78 is 6.56. The third-order valence-electron chi connectivity index (χ3n) is 3.70. The third kappa shape index (κ3) is 4.12. The zero-order valence-electron chi connectivity index (χ0n) is 14.6. The Hall–Kier alpha value is -2.30. The predicted molar refractivity (Wildman–Crippen MR) is 88.5 cm³/mol. The maximum absolute atomic E-state index is 11.9. The summed E-state index contributed by atoms with van der Waals surface area (Å²) in [7, 11) is 0. The molecule has 0 N–H and O–H groups in total. The third-order valence-corrected chi connectivity index (χ3v) is 3.70. The molecule has 2 aromatic rings. The molecule has 0 amide bonds. The van der Waals surface area contributed by atoms with Crippen LogP contribution in [0.1, 0.15) is 56.1 Å². The molecule has 5 nitrogen and oxygen atoms in total. The second kappa shape index (κ2) is 6.44. The lowest BCUT2D eigenvalue weighted by molar-refractivity contribution is -0.0125. The average molecular weight is 316 g/mol. The van der Waals surface area contributed by atoms with Crippen molar-refractivity contribution in [2.45, 2.75) is 53.1 Å². The van der Waals surface area contributed by atoms with Crippen LogP contribution in [0.5, 0.6) is 0 Å². The minimum absolute atomic E-state index is 0.00710. The SMILES string of the molecule is Cc1cccc(C(C)c2nccn2OC(=O)OC(C)(C)C)c1C. The summed E-state index contributed by atoms with van der Waals surface area (Å²) in [5.74, 6) is 0.650. The number of hydrogen-bond donors (Lipinski definition) is 0. The Kier molecular flexibility index (Phi) is 4.78. The number of nitrogens with zero attached hydrogens (tertiary/aromatic N) is 2. The Morgan fingerprint density at radius 1 is 1.26 bits per heavy atom. The highest BCUT2D eigenvalue weighted by atomic mass is 16.8. The van der Waals surface area contributed by atoms with E-state index in [1.54, 1.807) is 33.2 Å². The highest BCUT2D eigenvalue weighted by Crippen LogP contribution is 2.27. The lowest BCUT2D eigenvalue weighted by Gasteiger charge is -2.20. The summed E-state index contributed by atoms with van der Waals surface area (Å²) in [5, 5.41) is 0. The first-order valence-corrected chi connectivity index (χ1v) is 7.69. The molecule has 0 fully saturated rings. The average Bonchev–Trinajstić information content (AvgIpc) is 2.87. The number of ether oxygens (including phenoxy) is 1. The van der Waals surface area contributed by atoms with Gasteiger partial charge in [-0.25, -0.2) is 9.78 Å². The molecule has 0 saturated carbocycles. The highest BCUT2D eigenvalue weighted by molar-refractivity contribution is 5.60. The van der Waals surface area contributed by atoms with Gasteiger partial charge in [0.15, 0.2) is 5.82 Å². The largest absolute Gasteiger partial charge is 0.534 e. The van der Waals surface area contributed by atoms with Gasteiger partial charge in [0.2, 0.25) is 0 Å². The summed E-state index contributed by atoms with van der Waals surface area (Å²) in [6, 6.07) is 6.17. The topological polar surface area (TPSA) is 53.4 Å². The molecule has 2 rings (SSSR count). The number of hydrogen-bond acceptors (Lipinski definition) is 4. The predicted octanol–water partition coefficient (Wildman–Crippen LogP) is 4.02. The first-order chi connectivity index (χ1) is 10.7. The van der Waals surface area contributed by atoms with Crippen LogP contribution in [0.4, 0.5) is 4.79 Å². The van der Waals surface area contributed by atoms with E-state index in [9.17, 15) is 4.79 Å². The zero-order valence-corrected chi connectivity index (χ0v) is 14.6. The number of rotatable bonds is 3. The molecule has 0 aliphatic rings. The van der Waals surface area contributed by atoms with Gasteiger partial charge in [-0.3, -0.25) is 0 Å². The van der Waals surface area contributed by atoms with Gasteiger partial charge < -0.3 is 9.57 Å². The quantitative estimate of drug-likeness (QED) is 0.803. The summed E-state index contributed by atoms with van der Waals surface area (Å²) >= 11 is 0. The Balaban J connectivity index is 2.24. The lowest BCUT2D eigenvalue weighted by atomic mass is 9.93. The number of aromatic nitrogens is 2. The maximum atomic E-state index is 11.9. The molecule has 0 radical (unpaired) electrons. The van der Waals surface area contributed by atoms with Crippen LogP contribution in [0.2, 0.25) is 0 Å². The molecule has 124 valence electrons. The summed E-state index contributed by atoms with van der Waals surface area (Å²) in [6.07, 6.45) is 2.48. The molecule has 1 aromatic carbocycles. The van der Waals surface area contributed by atoms with Crippen LogP contribution in [0.15, 0.2) is 30.6 Å². The van der Waals surface area contributed by atoms with E-state index < -0.39 is 11.8 Å². The Morgan fingerprint density at radius 2 is 1.96 bits per heavy atom. The number of carbonyl (C=O) groups is 1. The van der Waals surface area contributed by atoms with Crippen molar-refractivity contribution in [3.8, 4) is 0 Å². The van der Waals surface area contributed by atoms with Gasteiger partial charge in [0.25, 0.3) is 0 Å². The van der Waals surface area contributed by atoms with E-state index in [1.807, 2.05) is 13.0 Å². The van der Waals surface area contributed by atoms with E-state index in [-0.39, 0.29) is 5.92 Å². The molecule has 0 aliphatic heterocycles. The summed E-state index contributed by atoms with van der Waals surface area (Å²) in [6.45, 7) is 11.6. The number of aryl methyl sites for hydroxylation is 1. The van der Waals surface area contributed by atoms with Crippen LogP contribution >= 0.6 is 0 Å². The Bertz CT molecular complexity index is 699. The van der Waals surface area contributed by atoms with Gasteiger partial charge in [-0.15, -0.1) is 0 Å². The molecule has 23 heavy (non-hydrogen) atoms. The first kappa shape index (κ1) is 17.1. The van der Waals surface area contributed by atoms with Crippen LogP contribution in [0.25, 0.3) is 0 Å². The van der Waals surface area contributed by atoms with Crippen molar-refractivity contribution in [3.05, 3.63) is 53.1 Å². The molecule has 1 atom stereocenters. The standard InChI is InChI=1S/C18H24N2O3/c1-12-8-7-9-15(13(12)2)14(3)16-19-10-11-20(16)23-17(21)22-18(4,5)6/h7-11,14H,1-6H3. The fourth-order valence-corrected chi connectivity index (χ4v) is 2.41. The van der Waals surface area contributed by atoms with Gasteiger partial charge in [-0.1, -0.05) is 25.1 Å². The Labute approximate surface area is 137 Å². The molecule has 5 heteroatoms. The molecule has 1 unspecified atom stereocenters. The first-order valence-electron chi connectivity index (χ1n) is 7.69. The van der Waals surface area contributed by atoms with Crippen molar-refractivity contribution in [1.82, 2.24) is 9.71 Å². The fourth-order valence-electron chi connectivity index (χ4n) is 2.41. The summed E-state index contributed by atoms with van der Waals surface area (Å²) in [4.78, 5) is 21.5. The molecule has 1 heterocycles. The van der Waals surface area contributed by atoms with Crippen molar-refractivity contribution in [2.24, 2.45) is 0 Å². The normalized spacial score (nSPS) is 12.8. The monoisotopic (exact) mass is 316 g/mol. The van der Waals surface area contributed by atoms with Gasteiger partial charge in [0.05, 0.1) is 6.20 Å². The van der Waals surface area contributed by atoms with Gasteiger partial charge in [-0.05, 0) is 51.3 Å². The number of carbonyl (C=O) groups excluding carboxylic acids is 1. The van der Waals surface area contributed by atoms with Gasteiger partial charge in [-0.2, -0.15) is 4.73 Å². The maximum Gasteiger partial charge on any atom is 0.534 e. The van der Waals surface area contributed by atoms with Crippen molar-refractivity contribution < 1.29 is 14.4 Å². The smallest absolute Gasteiger partial charge is 0.427 e. The van der Waals surface area contributed by atoms with Gasteiger partial charge in [0.1, 0.15) is 5.60 Å². The molecule has 1 aromatic heterocycles. The Morgan fingerprint density at radius 3 is 2.61 bits per heavy atom. The van der Waals surface area contributed by atoms with E-state index in [4.69, 9.17) is 9.57 Å². The van der Waals surface area contributed by atoms with E-state index in [0.717, 1.165) is 5.56 Å². The fraction of sp³-hybridized carbons (Fsp3) is 0.444. The number of benzene rings is 1.